The maximum Gasteiger partial charge on any atom is 0.413 e. The number of alkyl halides is 3. The Kier molecular flexibility index (Phi) is 5.06. The fourth-order valence-electron chi connectivity index (χ4n) is 2.57. The van der Waals surface area contributed by atoms with E-state index in [9.17, 15) is 27.2 Å². The van der Waals surface area contributed by atoms with Crippen LogP contribution in [0.2, 0.25) is 0 Å². The molecule has 0 fully saturated rings. The summed E-state index contributed by atoms with van der Waals surface area (Å²) in [5.74, 6) is -3.97. The van der Waals surface area contributed by atoms with Crippen LogP contribution in [0.1, 0.15) is 43.7 Å². The number of halogens is 4. The maximum atomic E-state index is 14.0. The highest BCUT2D eigenvalue weighted by molar-refractivity contribution is 5.96. The second-order valence-corrected chi connectivity index (χ2v) is 5.66. The molecular formula is C16H15F4N3O3. The van der Waals surface area contributed by atoms with Gasteiger partial charge in [0.25, 0.3) is 5.91 Å². The first-order valence-electron chi connectivity index (χ1n) is 7.34. The minimum absolute atomic E-state index is 0.0781. The van der Waals surface area contributed by atoms with Gasteiger partial charge in [-0.1, -0.05) is 0 Å². The standard InChI is InChI=1S/C16H15F4N3O3/c1-7-12(8(2)23(3)22-7)13(16(18,19)20)21-14(24)10-5-4-9(15(25)26)6-11(10)17/h4-6,13H,1-3H3,(H,21,24)(H,25,26). The number of carbonyl (C=O) groups is 2. The van der Waals surface area contributed by atoms with Gasteiger partial charge in [-0.25, -0.2) is 9.18 Å². The molecule has 0 bridgehead atoms. The van der Waals surface area contributed by atoms with Crippen LogP contribution in [0.15, 0.2) is 18.2 Å². The van der Waals surface area contributed by atoms with Gasteiger partial charge in [0.1, 0.15) is 5.82 Å². The number of amides is 1. The zero-order valence-electron chi connectivity index (χ0n) is 14.0. The van der Waals surface area contributed by atoms with Gasteiger partial charge in [-0.3, -0.25) is 9.48 Å². The first-order chi connectivity index (χ1) is 11.9. The van der Waals surface area contributed by atoms with E-state index < -0.39 is 41.0 Å². The van der Waals surface area contributed by atoms with Crippen LogP contribution in [0.5, 0.6) is 0 Å². The Balaban J connectivity index is 2.41. The van der Waals surface area contributed by atoms with Crippen LogP contribution in [0.25, 0.3) is 0 Å². The third-order valence-corrected chi connectivity index (χ3v) is 3.92. The molecule has 1 amide bonds. The summed E-state index contributed by atoms with van der Waals surface area (Å²) in [6, 6.07) is -0.0590. The number of carboxylic acids is 1. The number of aryl methyl sites for hydroxylation is 2. The number of carboxylic acid groups (broad SMARTS) is 1. The minimum atomic E-state index is -4.84. The molecule has 0 saturated heterocycles. The fourth-order valence-corrected chi connectivity index (χ4v) is 2.57. The number of hydrogen-bond acceptors (Lipinski definition) is 3. The Hall–Kier alpha value is -2.91. The number of nitrogens with zero attached hydrogens (tertiary/aromatic N) is 2. The summed E-state index contributed by atoms with van der Waals surface area (Å²) in [5, 5.41) is 14.4. The molecule has 2 aromatic rings. The number of rotatable bonds is 4. The third-order valence-electron chi connectivity index (χ3n) is 3.92. The van der Waals surface area contributed by atoms with E-state index in [0.717, 1.165) is 12.1 Å². The highest BCUT2D eigenvalue weighted by Gasteiger charge is 2.44. The Bertz CT molecular complexity index is 874. The average Bonchev–Trinajstić information content (AvgIpc) is 2.76. The number of benzene rings is 1. The summed E-state index contributed by atoms with van der Waals surface area (Å²) < 4.78 is 55.7. The van der Waals surface area contributed by atoms with Gasteiger partial charge in [0.2, 0.25) is 0 Å². The quantitative estimate of drug-likeness (QED) is 0.808. The summed E-state index contributed by atoms with van der Waals surface area (Å²) in [6.07, 6.45) is -4.84. The number of carbonyl (C=O) groups excluding carboxylic acids is 1. The van der Waals surface area contributed by atoms with Crippen LogP contribution in [0.3, 0.4) is 0 Å². The van der Waals surface area contributed by atoms with Crippen LogP contribution in [-0.4, -0.2) is 32.9 Å². The zero-order valence-corrected chi connectivity index (χ0v) is 14.0. The third kappa shape index (κ3) is 3.68. The number of hydrogen-bond donors (Lipinski definition) is 2. The van der Waals surface area contributed by atoms with Gasteiger partial charge in [0, 0.05) is 18.3 Å². The molecule has 2 N–H and O–H groups in total. The van der Waals surface area contributed by atoms with Gasteiger partial charge in [0.15, 0.2) is 6.04 Å². The fraction of sp³-hybridized carbons (Fsp3) is 0.312. The van der Waals surface area contributed by atoms with E-state index in [-0.39, 0.29) is 17.0 Å². The Labute approximate surface area is 145 Å². The van der Waals surface area contributed by atoms with E-state index in [4.69, 9.17) is 5.11 Å². The summed E-state index contributed by atoms with van der Waals surface area (Å²) in [6.45, 7) is 2.79. The van der Waals surface area contributed by atoms with E-state index in [2.05, 4.69) is 5.10 Å². The number of aromatic carboxylic acids is 1. The van der Waals surface area contributed by atoms with Crippen molar-refractivity contribution in [1.29, 1.82) is 0 Å². The van der Waals surface area contributed by atoms with Gasteiger partial charge in [-0.05, 0) is 32.0 Å². The van der Waals surface area contributed by atoms with Crippen LogP contribution in [0.4, 0.5) is 17.6 Å². The molecule has 0 saturated carbocycles. The summed E-state index contributed by atoms with van der Waals surface area (Å²) in [7, 11) is 1.46. The SMILES string of the molecule is Cc1nn(C)c(C)c1C(NC(=O)c1ccc(C(=O)O)cc1F)C(F)(F)F. The van der Waals surface area contributed by atoms with Crippen molar-refractivity contribution >= 4 is 11.9 Å². The Morgan fingerprint density at radius 2 is 1.88 bits per heavy atom. The van der Waals surface area contributed by atoms with Crippen molar-refractivity contribution in [2.24, 2.45) is 7.05 Å². The molecule has 1 atom stereocenters. The van der Waals surface area contributed by atoms with E-state index >= 15 is 0 Å². The average molecular weight is 373 g/mol. The molecule has 1 aromatic heterocycles. The first kappa shape index (κ1) is 19.4. The molecule has 0 spiro atoms. The molecule has 0 aliphatic heterocycles. The van der Waals surface area contributed by atoms with E-state index in [1.807, 2.05) is 0 Å². The monoisotopic (exact) mass is 373 g/mol. The van der Waals surface area contributed by atoms with Crippen molar-refractivity contribution in [2.45, 2.75) is 26.1 Å². The molecule has 140 valence electrons. The lowest BCUT2D eigenvalue weighted by atomic mass is 10.0. The van der Waals surface area contributed by atoms with Gasteiger partial charge >= 0.3 is 12.1 Å². The van der Waals surface area contributed by atoms with Gasteiger partial charge < -0.3 is 10.4 Å². The van der Waals surface area contributed by atoms with Gasteiger partial charge in [-0.2, -0.15) is 18.3 Å². The number of nitrogens with one attached hydrogen (secondary N) is 1. The van der Waals surface area contributed by atoms with Gasteiger partial charge in [0.05, 0.1) is 16.8 Å². The Morgan fingerprint density at radius 1 is 1.27 bits per heavy atom. The van der Waals surface area contributed by atoms with Crippen LogP contribution >= 0.6 is 0 Å². The predicted octanol–water partition coefficient (Wildman–Crippen LogP) is 2.91. The smallest absolute Gasteiger partial charge is 0.413 e. The highest BCUT2D eigenvalue weighted by Crippen LogP contribution is 2.36. The highest BCUT2D eigenvalue weighted by atomic mass is 19.4. The molecule has 2 rings (SSSR count). The topological polar surface area (TPSA) is 84.2 Å². The molecular weight excluding hydrogens is 358 g/mol. The lowest BCUT2D eigenvalue weighted by Gasteiger charge is -2.22. The lowest BCUT2D eigenvalue weighted by Crippen LogP contribution is -2.39. The predicted molar refractivity (Wildman–Crippen MR) is 82.3 cm³/mol. The van der Waals surface area contributed by atoms with Crippen molar-refractivity contribution in [1.82, 2.24) is 15.1 Å². The van der Waals surface area contributed by atoms with Crippen molar-refractivity contribution in [3.05, 3.63) is 52.1 Å². The van der Waals surface area contributed by atoms with Crippen molar-refractivity contribution in [2.75, 3.05) is 0 Å². The first-order valence-corrected chi connectivity index (χ1v) is 7.34. The second kappa shape index (κ2) is 6.77. The zero-order chi connectivity index (χ0) is 19.8. The molecule has 10 heteroatoms. The summed E-state index contributed by atoms with van der Waals surface area (Å²) >= 11 is 0. The molecule has 0 aliphatic carbocycles. The molecule has 0 aliphatic rings. The second-order valence-electron chi connectivity index (χ2n) is 5.66. The molecule has 6 nitrogen and oxygen atoms in total. The lowest BCUT2D eigenvalue weighted by molar-refractivity contribution is -0.155. The van der Waals surface area contributed by atoms with E-state index in [0.29, 0.717) is 6.07 Å². The number of aromatic nitrogens is 2. The molecule has 0 radical (unpaired) electrons. The van der Waals surface area contributed by atoms with Crippen LogP contribution in [0, 0.1) is 19.7 Å². The molecule has 1 unspecified atom stereocenters. The van der Waals surface area contributed by atoms with Crippen LogP contribution < -0.4 is 5.32 Å². The van der Waals surface area contributed by atoms with Crippen molar-refractivity contribution in [3.8, 4) is 0 Å². The van der Waals surface area contributed by atoms with E-state index in [1.54, 1.807) is 5.32 Å². The van der Waals surface area contributed by atoms with E-state index in [1.165, 1.54) is 25.6 Å². The summed E-state index contributed by atoms with van der Waals surface area (Å²) in [5.41, 5.74) is -1.06. The molecule has 26 heavy (non-hydrogen) atoms. The molecule has 1 aromatic carbocycles. The Morgan fingerprint density at radius 3 is 2.31 bits per heavy atom. The normalized spacial score (nSPS) is 12.7. The van der Waals surface area contributed by atoms with Gasteiger partial charge in [-0.15, -0.1) is 0 Å². The van der Waals surface area contributed by atoms with Crippen molar-refractivity contribution < 1.29 is 32.3 Å². The minimum Gasteiger partial charge on any atom is -0.478 e. The van der Waals surface area contributed by atoms with Crippen molar-refractivity contribution in [3.63, 3.8) is 0 Å². The summed E-state index contributed by atoms with van der Waals surface area (Å²) in [4.78, 5) is 23.0. The largest absolute Gasteiger partial charge is 0.478 e. The maximum absolute atomic E-state index is 14.0. The van der Waals surface area contributed by atoms with Crippen LogP contribution in [-0.2, 0) is 7.05 Å². The molecule has 1 heterocycles.